The number of nitrogens with zero attached hydrogens (tertiary/aromatic N) is 3. The minimum Gasteiger partial charge on any atom is -0.383 e. The summed E-state index contributed by atoms with van der Waals surface area (Å²) in [5.41, 5.74) is 5.36. The summed E-state index contributed by atoms with van der Waals surface area (Å²) in [5, 5.41) is 4.14. The quantitative estimate of drug-likeness (QED) is 0.681. The first-order valence-corrected chi connectivity index (χ1v) is 11.1. The molecule has 0 unspecified atom stereocenters. The van der Waals surface area contributed by atoms with E-state index >= 15 is 0 Å². The molecule has 1 aliphatic carbocycles. The van der Waals surface area contributed by atoms with Gasteiger partial charge in [-0.15, -0.1) is 0 Å². The lowest BCUT2D eigenvalue weighted by Gasteiger charge is -2.38. The van der Waals surface area contributed by atoms with E-state index in [4.69, 9.17) is 9.26 Å². The number of likely N-dealkylation sites (tertiary alicyclic amines) is 1. The number of methoxy groups -OCH3 is 1. The minimum absolute atomic E-state index is 0.685. The van der Waals surface area contributed by atoms with Crippen molar-refractivity contribution in [2.75, 3.05) is 39.9 Å². The Morgan fingerprint density at radius 3 is 2.62 bits per heavy atom. The number of rotatable bonds is 8. The smallest absolute Gasteiger partial charge is 0.138 e. The van der Waals surface area contributed by atoms with Crippen molar-refractivity contribution in [2.45, 2.75) is 52.1 Å². The number of fused-ring (bicyclic) bond motifs is 1. The van der Waals surface area contributed by atoms with Crippen molar-refractivity contribution in [3.05, 3.63) is 52.4 Å². The molecular weight excluding hydrogens is 362 g/mol. The molecule has 4 rings (SSSR count). The molecule has 1 fully saturated rings. The lowest BCUT2D eigenvalue weighted by molar-refractivity contribution is 0.0841. The molecule has 0 radical (unpaired) electrons. The fourth-order valence-corrected chi connectivity index (χ4v) is 5.14. The summed E-state index contributed by atoms with van der Waals surface area (Å²) in [6, 6.07) is 9.68. The Morgan fingerprint density at radius 2 is 1.97 bits per heavy atom. The van der Waals surface area contributed by atoms with Crippen molar-refractivity contribution in [3.63, 3.8) is 0 Å². The summed E-state index contributed by atoms with van der Waals surface area (Å²) in [6.45, 7) is 10.2. The second-order valence-corrected chi connectivity index (χ2v) is 8.86. The SMILES string of the molecule is COCCN(Cc1c(C)noc1C)C[C@@H]1CCCN(C2Cc3ccccc3C2)C1. The summed E-state index contributed by atoms with van der Waals surface area (Å²) in [5.74, 6) is 1.66. The van der Waals surface area contributed by atoms with E-state index in [1.54, 1.807) is 18.2 Å². The zero-order chi connectivity index (χ0) is 20.2. The Balaban J connectivity index is 1.37. The molecule has 0 amide bonds. The average Bonchev–Trinajstić information content (AvgIpc) is 3.30. The first kappa shape index (κ1) is 20.6. The highest BCUT2D eigenvalue weighted by atomic mass is 16.5. The van der Waals surface area contributed by atoms with E-state index < -0.39 is 0 Å². The van der Waals surface area contributed by atoms with Gasteiger partial charge in [0.2, 0.25) is 0 Å². The molecule has 1 saturated heterocycles. The lowest BCUT2D eigenvalue weighted by Crippen LogP contribution is -2.46. The Hall–Kier alpha value is -1.69. The van der Waals surface area contributed by atoms with E-state index in [1.165, 1.54) is 44.3 Å². The fraction of sp³-hybridized carbons (Fsp3) is 0.625. The van der Waals surface area contributed by atoms with Gasteiger partial charge in [0.05, 0.1) is 12.3 Å². The molecule has 2 aliphatic rings. The second kappa shape index (κ2) is 9.41. The van der Waals surface area contributed by atoms with Gasteiger partial charge in [-0.1, -0.05) is 29.4 Å². The summed E-state index contributed by atoms with van der Waals surface area (Å²) >= 11 is 0. The molecule has 1 atom stereocenters. The third kappa shape index (κ3) is 4.90. The van der Waals surface area contributed by atoms with E-state index in [1.807, 2.05) is 13.8 Å². The summed E-state index contributed by atoms with van der Waals surface area (Å²) < 4.78 is 10.8. The molecule has 0 N–H and O–H groups in total. The van der Waals surface area contributed by atoms with Crippen LogP contribution in [0.5, 0.6) is 0 Å². The number of benzene rings is 1. The molecule has 0 saturated carbocycles. The predicted octanol–water partition coefficient (Wildman–Crippen LogP) is 3.62. The Bertz CT molecular complexity index is 759. The topological polar surface area (TPSA) is 41.7 Å². The van der Waals surface area contributed by atoms with Crippen LogP contribution >= 0.6 is 0 Å². The third-order valence-corrected chi connectivity index (χ3v) is 6.79. The monoisotopic (exact) mass is 397 g/mol. The van der Waals surface area contributed by atoms with Crippen LogP contribution in [0.2, 0.25) is 0 Å². The van der Waals surface area contributed by atoms with Crippen LogP contribution in [-0.2, 0) is 24.1 Å². The average molecular weight is 398 g/mol. The molecule has 0 bridgehead atoms. The number of hydrogen-bond acceptors (Lipinski definition) is 5. The molecule has 5 heteroatoms. The molecule has 1 aromatic carbocycles. The largest absolute Gasteiger partial charge is 0.383 e. The van der Waals surface area contributed by atoms with E-state index in [9.17, 15) is 0 Å². The third-order valence-electron chi connectivity index (χ3n) is 6.79. The van der Waals surface area contributed by atoms with Crippen LogP contribution in [0.4, 0.5) is 0 Å². The Kier molecular flexibility index (Phi) is 6.68. The van der Waals surface area contributed by atoms with Crippen molar-refractivity contribution in [3.8, 4) is 0 Å². The number of piperidine rings is 1. The van der Waals surface area contributed by atoms with Crippen molar-refractivity contribution in [1.82, 2.24) is 15.0 Å². The van der Waals surface area contributed by atoms with Crippen LogP contribution in [0, 0.1) is 19.8 Å². The highest BCUT2D eigenvalue weighted by Crippen LogP contribution is 2.29. The van der Waals surface area contributed by atoms with Crippen LogP contribution in [-0.4, -0.2) is 60.9 Å². The maximum atomic E-state index is 5.39. The molecule has 158 valence electrons. The van der Waals surface area contributed by atoms with Crippen molar-refractivity contribution in [2.24, 2.45) is 5.92 Å². The summed E-state index contributed by atoms with van der Waals surface area (Å²) in [4.78, 5) is 5.30. The standard InChI is InChI=1S/C24H35N3O2/c1-18-24(19(2)29-25-18)17-26(11-12-28-3)15-20-7-6-10-27(16-20)23-13-21-8-4-5-9-22(21)14-23/h4-5,8-9,20,23H,6-7,10-17H2,1-3H3/t20-/m0/s1. The van der Waals surface area contributed by atoms with E-state index in [-0.39, 0.29) is 0 Å². The van der Waals surface area contributed by atoms with Crippen LogP contribution < -0.4 is 0 Å². The van der Waals surface area contributed by atoms with E-state index in [2.05, 4.69) is 39.2 Å². The summed E-state index contributed by atoms with van der Waals surface area (Å²) in [7, 11) is 1.79. The van der Waals surface area contributed by atoms with Crippen molar-refractivity contribution < 1.29 is 9.26 Å². The molecule has 2 heterocycles. The van der Waals surface area contributed by atoms with E-state index in [0.29, 0.717) is 12.0 Å². The lowest BCUT2D eigenvalue weighted by atomic mass is 9.95. The molecule has 0 spiro atoms. The first-order valence-electron chi connectivity index (χ1n) is 11.1. The molecular formula is C24H35N3O2. The van der Waals surface area contributed by atoms with Gasteiger partial charge in [-0.2, -0.15) is 0 Å². The normalized spacial score (nSPS) is 20.5. The molecule has 1 aliphatic heterocycles. The van der Waals surface area contributed by atoms with Gasteiger partial charge in [0, 0.05) is 44.9 Å². The Morgan fingerprint density at radius 1 is 1.21 bits per heavy atom. The molecule has 1 aromatic heterocycles. The van der Waals surface area contributed by atoms with Gasteiger partial charge in [-0.3, -0.25) is 9.80 Å². The van der Waals surface area contributed by atoms with Gasteiger partial charge < -0.3 is 9.26 Å². The number of ether oxygens (including phenoxy) is 1. The van der Waals surface area contributed by atoms with Crippen LogP contribution in [0.1, 0.15) is 41.0 Å². The first-order chi connectivity index (χ1) is 14.1. The van der Waals surface area contributed by atoms with Crippen LogP contribution in [0.3, 0.4) is 0 Å². The van der Waals surface area contributed by atoms with Gasteiger partial charge in [0.15, 0.2) is 0 Å². The van der Waals surface area contributed by atoms with Crippen LogP contribution in [0.25, 0.3) is 0 Å². The Labute approximate surface area is 175 Å². The summed E-state index contributed by atoms with van der Waals surface area (Å²) in [6.07, 6.45) is 5.06. The predicted molar refractivity (Wildman–Crippen MR) is 115 cm³/mol. The van der Waals surface area contributed by atoms with Crippen LogP contribution in [0.15, 0.2) is 28.8 Å². The van der Waals surface area contributed by atoms with Crippen molar-refractivity contribution >= 4 is 0 Å². The zero-order valence-corrected chi connectivity index (χ0v) is 18.2. The van der Waals surface area contributed by atoms with E-state index in [0.717, 1.165) is 37.7 Å². The molecule has 29 heavy (non-hydrogen) atoms. The van der Waals surface area contributed by atoms with Gasteiger partial charge in [-0.05, 0) is 63.1 Å². The second-order valence-electron chi connectivity index (χ2n) is 8.86. The van der Waals surface area contributed by atoms with Gasteiger partial charge in [0.25, 0.3) is 0 Å². The fourth-order valence-electron chi connectivity index (χ4n) is 5.14. The number of aromatic nitrogens is 1. The number of hydrogen-bond donors (Lipinski definition) is 0. The zero-order valence-electron chi connectivity index (χ0n) is 18.2. The highest BCUT2D eigenvalue weighted by Gasteiger charge is 2.31. The van der Waals surface area contributed by atoms with Gasteiger partial charge in [0.1, 0.15) is 5.76 Å². The molecule has 5 nitrogen and oxygen atoms in total. The number of aryl methyl sites for hydroxylation is 2. The minimum atomic E-state index is 0.685. The van der Waals surface area contributed by atoms with Gasteiger partial charge in [-0.25, -0.2) is 0 Å². The maximum absolute atomic E-state index is 5.39. The highest BCUT2D eigenvalue weighted by molar-refractivity contribution is 5.33. The van der Waals surface area contributed by atoms with Gasteiger partial charge >= 0.3 is 0 Å². The maximum Gasteiger partial charge on any atom is 0.138 e. The molecule has 2 aromatic rings. The van der Waals surface area contributed by atoms with Crippen molar-refractivity contribution in [1.29, 1.82) is 0 Å².